The molecule has 0 bridgehead atoms. The highest BCUT2D eigenvalue weighted by Gasteiger charge is 2.22. The standard InChI is InChI=1S/C31H62NO6P/c1-2-3-4-5-6-7-8-9-10-11-12-13-14-15-16-17-18-19-20-21-22-23-24-25-27-36-29-31(33)30-38-39(34,35)37-28-26-32/h8-9,11-12,31,33H,2-7,10,13-30,32H2,1H3,(H,34,35)/b9-8-,12-11-. The summed E-state index contributed by atoms with van der Waals surface area (Å²) in [5.41, 5.74) is 5.21. The molecule has 2 unspecified atom stereocenters. The quantitative estimate of drug-likeness (QED) is 0.0432. The number of hydrogen-bond acceptors (Lipinski definition) is 6. The van der Waals surface area contributed by atoms with Gasteiger partial charge in [-0.3, -0.25) is 9.05 Å². The number of ether oxygens (including phenoxy) is 1. The molecule has 2 atom stereocenters. The summed E-state index contributed by atoms with van der Waals surface area (Å²) in [5.74, 6) is 0. The van der Waals surface area contributed by atoms with Crippen molar-refractivity contribution in [3.63, 3.8) is 0 Å². The lowest BCUT2D eigenvalue weighted by molar-refractivity contribution is 0.00230. The smallest absolute Gasteiger partial charge is 0.388 e. The summed E-state index contributed by atoms with van der Waals surface area (Å²) in [6.45, 7) is 2.65. The molecule has 0 saturated carbocycles. The number of nitrogens with two attached hydrogens (primary N) is 1. The van der Waals surface area contributed by atoms with Crippen molar-refractivity contribution in [3.8, 4) is 0 Å². The van der Waals surface area contributed by atoms with Gasteiger partial charge >= 0.3 is 7.82 Å². The Kier molecular flexibility index (Phi) is 30.0. The Balaban J connectivity index is 3.28. The van der Waals surface area contributed by atoms with Gasteiger partial charge in [0.15, 0.2) is 0 Å². The van der Waals surface area contributed by atoms with E-state index in [4.69, 9.17) is 15.0 Å². The zero-order valence-electron chi connectivity index (χ0n) is 25.1. The van der Waals surface area contributed by atoms with Gasteiger partial charge in [-0.25, -0.2) is 4.57 Å². The topological polar surface area (TPSA) is 111 Å². The van der Waals surface area contributed by atoms with Crippen molar-refractivity contribution in [2.24, 2.45) is 5.73 Å². The van der Waals surface area contributed by atoms with Crippen molar-refractivity contribution >= 4 is 7.82 Å². The number of hydrogen-bond donors (Lipinski definition) is 3. The van der Waals surface area contributed by atoms with Crippen LogP contribution in [-0.2, 0) is 18.3 Å². The summed E-state index contributed by atoms with van der Waals surface area (Å²) in [6.07, 6.45) is 34.1. The van der Waals surface area contributed by atoms with E-state index in [9.17, 15) is 14.6 Å². The van der Waals surface area contributed by atoms with Gasteiger partial charge < -0.3 is 20.5 Å². The zero-order chi connectivity index (χ0) is 28.7. The number of aliphatic hydroxyl groups excluding tert-OH is 1. The number of aliphatic hydroxyl groups is 1. The molecule has 0 radical (unpaired) electrons. The highest BCUT2D eigenvalue weighted by atomic mass is 31.2. The summed E-state index contributed by atoms with van der Waals surface area (Å²) in [5, 5.41) is 9.76. The molecule has 4 N–H and O–H groups in total. The Morgan fingerprint density at radius 1 is 0.667 bits per heavy atom. The molecule has 7 nitrogen and oxygen atoms in total. The van der Waals surface area contributed by atoms with Crippen LogP contribution in [0.1, 0.15) is 135 Å². The van der Waals surface area contributed by atoms with Gasteiger partial charge in [0.1, 0.15) is 6.10 Å². The average molecular weight is 576 g/mol. The first-order valence-corrected chi connectivity index (χ1v) is 17.4. The third kappa shape index (κ3) is 31.9. The highest BCUT2D eigenvalue weighted by molar-refractivity contribution is 7.47. The van der Waals surface area contributed by atoms with Crippen molar-refractivity contribution in [3.05, 3.63) is 24.3 Å². The van der Waals surface area contributed by atoms with Crippen molar-refractivity contribution in [2.45, 2.75) is 141 Å². The van der Waals surface area contributed by atoms with Crippen LogP contribution in [0.3, 0.4) is 0 Å². The minimum Gasteiger partial charge on any atom is -0.388 e. The SMILES string of the molecule is CCCCCCC/C=C\C/C=C\CCCCCCCCCCCCCCOCC(O)COP(=O)(O)OCCN. The fourth-order valence-corrected chi connectivity index (χ4v) is 5.03. The average Bonchev–Trinajstić information content (AvgIpc) is 2.92. The van der Waals surface area contributed by atoms with Gasteiger partial charge in [-0.1, -0.05) is 121 Å². The van der Waals surface area contributed by atoms with Crippen molar-refractivity contribution in [2.75, 3.05) is 33.0 Å². The summed E-state index contributed by atoms with van der Waals surface area (Å²) >= 11 is 0. The molecular formula is C31H62NO6P. The molecule has 0 aromatic carbocycles. The van der Waals surface area contributed by atoms with Crippen LogP contribution in [0.5, 0.6) is 0 Å². The molecule has 0 saturated heterocycles. The monoisotopic (exact) mass is 575 g/mol. The Morgan fingerprint density at radius 3 is 1.67 bits per heavy atom. The molecule has 232 valence electrons. The van der Waals surface area contributed by atoms with Gasteiger partial charge in [-0.05, 0) is 38.5 Å². The second-order valence-corrected chi connectivity index (χ2v) is 12.0. The fraction of sp³-hybridized carbons (Fsp3) is 0.871. The maximum atomic E-state index is 11.5. The van der Waals surface area contributed by atoms with E-state index in [1.54, 1.807) is 0 Å². The first-order valence-electron chi connectivity index (χ1n) is 15.9. The van der Waals surface area contributed by atoms with E-state index in [0.29, 0.717) is 6.61 Å². The normalized spacial score (nSPS) is 14.5. The van der Waals surface area contributed by atoms with Crippen LogP contribution in [0, 0.1) is 0 Å². The third-order valence-corrected chi connectivity index (χ3v) is 7.59. The summed E-state index contributed by atoms with van der Waals surface area (Å²) in [4.78, 5) is 9.36. The van der Waals surface area contributed by atoms with E-state index in [0.717, 1.165) is 19.3 Å². The number of unbranched alkanes of at least 4 members (excludes halogenated alkanes) is 17. The van der Waals surface area contributed by atoms with E-state index in [2.05, 4.69) is 35.8 Å². The Bertz CT molecular complexity index is 602. The van der Waals surface area contributed by atoms with E-state index in [1.165, 1.54) is 109 Å². The number of allylic oxidation sites excluding steroid dienone is 4. The second kappa shape index (κ2) is 30.4. The third-order valence-electron chi connectivity index (χ3n) is 6.60. The second-order valence-electron chi connectivity index (χ2n) is 10.5. The molecule has 8 heteroatoms. The fourth-order valence-electron chi connectivity index (χ4n) is 4.26. The zero-order valence-corrected chi connectivity index (χ0v) is 26.0. The van der Waals surface area contributed by atoms with Gasteiger partial charge in [0.2, 0.25) is 0 Å². The molecule has 0 aromatic heterocycles. The van der Waals surface area contributed by atoms with Crippen LogP contribution in [0.25, 0.3) is 0 Å². The van der Waals surface area contributed by atoms with Gasteiger partial charge in [-0.2, -0.15) is 0 Å². The molecule has 39 heavy (non-hydrogen) atoms. The molecule has 0 heterocycles. The first kappa shape index (κ1) is 38.5. The Labute approximate surface area is 240 Å². The van der Waals surface area contributed by atoms with Crippen LogP contribution in [-0.4, -0.2) is 49.1 Å². The lowest BCUT2D eigenvalue weighted by Gasteiger charge is -2.15. The molecule has 0 aliphatic rings. The number of rotatable bonds is 31. The molecular weight excluding hydrogens is 513 g/mol. The molecule has 0 spiro atoms. The Morgan fingerprint density at radius 2 is 1.15 bits per heavy atom. The van der Waals surface area contributed by atoms with Crippen LogP contribution in [0.4, 0.5) is 0 Å². The van der Waals surface area contributed by atoms with Crippen LogP contribution >= 0.6 is 7.82 Å². The lowest BCUT2D eigenvalue weighted by Crippen LogP contribution is -2.22. The van der Waals surface area contributed by atoms with E-state index >= 15 is 0 Å². The minimum atomic E-state index is -4.15. The van der Waals surface area contributed by atoms with E-state index < -0.39 is 13.9 Å². The lowest BCUT2D eigenvalue weighted by atomic mass is 10.0. The molecule has 0 fully saturated rings. The molecule has 0 aromatic rings. The molecule has 0 amide bonds. The van der Waals surface area contributed by atoms with Gasteiger partial charge in [0, 0.05) is 13.2 Å². The summed E-state index contributed by atoms with van der Waals surface area (Å²) in [7, 11) is -4.15. The molecule has 0 aliphatic carbocycles. The molecule has 0 aliphatic heterocycles. The van der Waals surface area contributed by atoms with Crippen molar-refractivity contribution in [1.29, 1.82) is 0 Å². The maximum absolute atomic E-state index is 11.5. The Hall–Kier alpha value is -0.530. The maximum Gasteiger partial charge on any atom is 0.472 e. The summed E-state index contributed by atoms with van der Waals surface area (Å²) in [6, 6.07) is 0. The van der Waals surface area contributed by atoms with Crippen LogP contribution in [0.15, 0.2) is 24.3 Å². The largest absolute Gasteiger partial charge is 0.472 e. The van der Waals surface area contributed by atoms with Gasteiger partial charge in [-0.15, -0.1) is 0 Å². The number of phosphoric ester groups is 1. The van der Waals surface area contributed by atoms with Crippen LogP contribution < -0.4 is 5.73 Å². The predicted octanol–water partition coefficient (Wildman–Crippen LogP) is 8.39. The predicted molar refractivity (Wildman–Crippen MR) is 164 cm³/mol. The van der Waals surface area contributed by atoms with Crippen molar-refractivity contribution < 1.29 is 28.3 Å². The first-order chi connectivity index (χ1) is 19.0. The molecule has 0 rings (SSSR count). The van der Waals surface area contributed by atoms with Gasteiger partial charge in [0.05, 0.1) is 19.8 Å². The number of phosphoric acid groups is 1. The van der Waals surface area contributed by atoms with E-state index in [1.807, 2.05) is 0 Å². The van der Waals surface area contributed by atoms with Crippen molar-refractivity contribution in [1.82, 2.24) is 0 Å². The highest BCUT2D eigenvalue weighted by Crippen LogP contribution is 2.42. The minimum absolute atomic E-state index is 0.0727. The van der Waals surface area contributed by atoms with E-state index in [-0.39, 0.29) is 26.4 Å². The van der Waals surface area contributed by atoms with Gasteiger partial charge in [0.25, 0.3) is 0 Å². The summed E-state index contributed by atoms with van der Waals surface area (Å²) < 4.78 is 26.2. The van der Waals surface area contributed by atoms with Crippen LogP contribution in [0.2, 0.25) is 0 Å².